The Labute approximate surface area is 143 Å². The van der Waals surface area contributed by atoms with Crippen LogP contribution in [0.5, 0.6) is 0 Å². The third kappa shape index (κ3) is 3.95. The third-order valence-corrected chi connectivity index (χ3v) is 4.61. The molecule has 0 saturated carbocycles. The van der Waals surface area contributed by atoms with E-state index in [0.29, 0.717) is 17.6 Å². The molecule has 1 aromatic carbocycles. The van der Waals surface area contributed by atoms with Gasteiger partial charge in [-0.15, -0.1) is 0 Å². The fraction of sp³-hybridized carbons (Fsp3) is 0.294. The third-order valence-electron chi connectivity index (χ3n) is 4.12. The molecule has 0 atom stereocenters. The first-order chi connectivity index (χ1) is 11.1. The number of piperazine rings is 1. The second kappa shape index (κ2) is 7.19. The van der Waals surface area contributed by atoms with Crippen LogP contribution in [0.4, 0.5) is 4.39 Å². The van der Waals surface area contributed by atoms with Gasteiger partial charge >= 0.3 is 0 Å². The van der Waals surface area contributed by atoms with E-state index in [9.17, 15) is 9.18 Å². The first-order valence-corrected chi connectivity index (χ1v) is 8.39. The molecule has 1 aromatic heterocycles. The van der Waals surface area contributed by atoms with Crippen LogP contribution in [-0.2, 0) is 6.54 Å². The molecule has 6 heteroatoms. The minimum absolute atomic E-state index is 0.136. The number of rotatable bonds is 3. The Bertz CT molecular complexity index is 687. The average molecular weight is 379 g/mol. The van der Waals surface area contributed by atoms with E-state index in [0.717, 1.165) is 19.6 Å². The summed E-state index contributed by atoms with van der Waals surface area (Å²) in [5.74, 6) is -0.698. The molecule has 1 aliphatic rings. The van der Waals surface area contributed by atoms with Gasteiger partial charge in [-0.25, -0.2) is 4.39 Å². The van der Waals surface area contributed by atoms with Crippen LogP contribution in [0.15, 0.2) is 47.2 Å². The van der Waals surface area contributed by atoms with Gasteiger partial charge in [0.25, 0.3) is 5.91 Å². The number of hydrogen-bond acceptors (Lipinski definition) is 2. The molecule has 4 nitrogen and oxygen atoms in total. The fourth-order valence-corrected chi connectivity index (χ4v) is 3.18. The van der Waals surface area contributed by atoms with Crippen molar-refractivity contribution in [1.29, 1.82) is 0 Å². The standard InChI is InChI=1S/C17H17BrFN3O/c18-14-1-2-16(19)15(11-14)17(23)22-9-7-21(8-10-22)12-13-3-5-20-6-4-13/h1-6,11H,7-10,12H2/p+1. The number of hydrogen-bond donors (Lipinski definition) is 1. The average Bonchev–Trinajstić information content (AvgIpc) is 2.58. The number of amides is 1. The normalized spacial score (nSPS) is 15.7. The number of aromatic nitrogens is 1. The van der Waals surface area contributed by atoms with Crippen molar-refractivity contribution in [3.63, 3.8) is 0 Å². The molecule has 120 valence electrons. The highest BCUT2D eigenvalue weighted by Gasteiger charge is 2.26. The highest BCUT2D eigenvalue weighted by atomic mass is 79.9. The molecule has 0 spiro atoms. The maximum Gasteiger partial charge on any atom is 0.257 e. The summed E-state index contributed by atoms with van der Waals surface area (Å²) in [5.41, 5.74) is 1.38. The zero-order valence-corrected chi connectivity index (χ0v) is 14.2. The van der Waals surface area contributed by atoms with Crippen LogP contribution in [0.1, 0.15) is 15.9 Å². The largest absolute Gasteiger partial charge is 0.328 e. The molecule has 1 aliphatic heterocycles. The van der Waals surface area contributed by atoms with Crippen LogP contribution in [0, 0.1) is 5.82 Å². The molecule has 0 bridgehead atoms. The zero-order valence-electron chi connectivity index (χ0n) is 12.6. The van der Waals surface area contributed by atoms with Crippen molar-refractivity contribution >= 4 is 21.8 Å². The van der Waals surface area contributed by atoms with Gasteiger partial charge in [0.2, 0.25) is 0 Å². The Morgan fingerprint density at radius 3 is 2.61 bits per heavy atom. The van der Waals surface area contributed by atoms with Gasteiger partial charge in [0.05, 0.1) is 31.7 Å². The van der Waals surface area contributed by atoms with Gasteiger partial charge in [0.1, 0.15) is 12.4 Å². The predicted octanol–water partition coefficient (Wildman–Crippen LogP) is 1.52. The van der Waals surface area contributed by atoms with Crippen molar-refractivity contribution in [2.24, 2.45) is 0 Å². The minimum atomic E-state index is -0.468. The molecule has 0 aliphatic carbocycles. The van der Waals surface area contributed by atoms with Crippen molar-refractivity contribution < 1.29 is 14.1 Å². The highest BCUT2D eigenvalue weighted by molar-refractivity contribution is 9.10. The van der Waals surface area contributed by atoms with Crippen LogP contribution in [-0.4, -0.2) is 42.0 Å². The fourth-order valence-electron chi connectivity index (χ4n) is 2.82. The second-order valence-corrected chi connectivity index (χ2v) is 6.61. The van der Waals surface area contributed by atoms with Crippen molar-refractivity contribution in [3.8, 4) is 0 Å². The van der Waals surface area contributed by atoms with E-state index in [1.165, 1.54) is 16.5 Å². The molecule has 2 aromatic rings. The van der Waals surface area contributed by atoms with Gasteiger partial charge in [-0.2, -0.15) is 0 Å². The Balaban J connectivity index is 1.60. The molecule has 2 heterocycles. The van der Waals surface area contributed by atoms with E-state index in [-0.39, 0.29) is 11.5 Å². The number of carbonyl (C=O) groups excluding carboxylic acids is 1. The van der Waals surface area contributed by atoms with Crippen LogP contribution in [0.2, 0.25) is 0 Å². The number of nitrogens with zero attached hydrogens (tertiary/aromatic N) is 2. The molecule has 1 amide bonds. The van der Waals surface area contributed by atoms with E-state index in [1.54, 1.807) is 29.4 Å². The first-order valence-electron chi connectivity index (χ1n) is 7.60. The number of pyridine rings is 1. The van der Waals surface area contributed by atoms with Gasteiger partial charge in [0, 0.05) is 22.4 Å². The lowest BCUT2D eigenvalue weighted by atomic mass is 10.1. The first kappa shape index (κ1) is 16.1. The summed E-state index contributed by atoms with van der Waals surface area (Å²) < 4.78 is 14.6. The second-order valence-electron chi connectivity index (χ2n) is 5.70. The summed E-state index contributed by atoms with van der Waals surface area (Å²) in [6, 6.07) is 8.50. The topological polar surface area (TPSA) is 37.6 Å². The van der Waals surface area contributed by atoms with Crippen molar-refractivity contribution in [3.05, 3.63) is 64.1 Å². The molecular weight excluding hydrogens is 361 g/mol. The molecule has 1 N–H and O–H groups in total. The zero-order chi connectivity index (χ0) is 16.2. The molecule has 0 unspecified atom stereocenters. The van der Waals surface area contributed by atoms with E-state index in [1.807, 2.05) is 12.1 Å². The van der Waals surface area contributed by atoms with Gasteiger partial charge in [-0.05, 0) is 30.3 Å². The summed E-state index contributed by atoms with van der Waals surface area (Å²) in [7, 11) is 0. The van der Waals surface area contributed by atoms with Gasteiger partial charge in [0.15, 0.2) is 0 Å². The minimum Gasteiger partial charge on any atom is -0.328 e. The number of carbonyl (C=O) groups is 1. The summed E-state index contributed by atoms with van der Waals surface area (Å²) in [6.07, 6.45) is 3.59. The number of halogens is 2. The summed E-state index contributed by atoms with van der Waals surface area (Å²) in [6.45, 7) is 3.94. The van der Waals surface area contributed by atoms with Gasteiger partial charge < -0.3 is 9.80 Å². The number of quaternary nitrogens is 1. The monoisotopic (exact) mass is 378 g/mol. The van der Waals surface area contributed by atoms with Crippen LogP contribution in [0.25, 0.3) is 0 Å². The van der Waals surface area contributed by atoms with Crippen LogP contribution < -0.4 is 4.90 Å². The van der Waals surface area contributed by atoms with Crippen LogP contribution in [0.3, 0.4) is 0 Å². The molecule has 23 heavy (non-hydrogen) atoms. The van der Waals surface area contributed by atoms with Crippen LogP contribution >= 0.6 is 15.9 Å². The Morgan fingerprint density at radius 2 is 1.91 bits per heavy atom. The molecule has 1 fully saturated rings. The van der Waals surface area contributed by atoms with Crippen molar-refractivity contribution in [2.75, 3.05) is 26.2 Å². The lowest BCUT2D eigenvalue weighted by Crippen LogP contribution is -3.13. The molecule has 0 radical (unpaired) electrons. The lowest BCUT2D eigenvalue weighted by molar-refractivity contribution is -0.917. The maximum atomic E-state index is 13.9. The van der Waals surface area contributed by atoms with E-state index >= 15 is 0 Å². The van der Waals surface area contributed by atoms with E-state index < -0.39 is 5.82 Å². The van der Waals surface area contributed by atoms with Crippen molar-refractivity contribution in [2.45, 2.75) is 6.54 Å². The van der Waals surface area contributed by atoms with Gasteiger partial charge in [-0.1, -0.05) is 15.9 Å². The number of benzene rings is 1. The summed E-state index contributed by atoms with van der Waals surface area (Å²) >= 11 is 3.29. The smallest absolute Gasteiger partial charge is 0.257 e. The van der Waals surface area contributed by atoms with Crippen molar-refractivity contribution in [1.82, 2.24) is 9.88 Å². The highest BCUT2D eigenvalue weighted by Crippen LogP contribution is 2.17. The number of nitrogens with one attached hydrogen (secondary N) is 1. The Kier molecular flexibility index (Phi) is 5.03. The Hall–Kier alpha value is -1.79. The van der Waals surface area contributed by atoms with E-state index in [4.69, 9.17) is 0 Å². The molecule has 3 rings (SSSR count). The predicted molar refractivity (Wildman–Crippen MR) is 88.6 cm³/mol. The quantitative estimate of drug-likeness (QED) is 0.879. The van der Waals surface area contributed by atoms with Gasteiger partial charge in [-0.3, -0.25) is 9.78 Å². The molecular formula is C17H18BrFN3O+. The summed E-state index contributed by atoms with van der Waals surface area (Å²) in [5, 5.41) is 0. The van der Waals surface area contributed by atoms with E-state index in [2.05, 4.69) is 20.9 Å². The summed E-state index contributed by atoms with van der Waals surface area (Å²) in [4.78, 5) is 19.7. The Morgan fingerprint density at radius 1 is 1.22 bits per heavy atom. The SMILES string of the molecule is O=C(c1cc(Br)ccc1F)N1CC[NH+](Cc2ccncc2)CC1. The maximum absolute atomic E-state index is 13.9. The molecule has 1 saturated heterocycles. The lowest BCUT2D eigenvalue weighted by Gasteiger charge is -2.32.